The molecule has 0 aliphatic carbocycles. The van der Waals surface area contributed by atoms with Gasteiger partial charge in [0, 0.05) is 25.6 Å². The molecule has 0 fully saturated rings. The van der Waals surface area contributed by atoms with E-state index in [2.05, 4.69) is 15.4 Å². The zero-order chi connectivity index (χ0) is 15.2. The molecule has 5 nitrogen and oxygen atoms in total. The second kappa shape index (κ2) is 6.78. The number of alkyl halides is 3. The Kier molecular flexibility index (Phi) is 5.36. The second-order valence-corrected chi connectivity index (χ2v) is 3.85. The lowest BCUT2D eigenvalue weighted by molar-refractivity contribution is -0.274. The molecule has 0 saturated carbocycles. The Hall–Kier alpha value is -2.25. The summed E-state index contributed by atoms with van der Waals surface area (Å²) in [7, 11) is 0. The van der Waals surface area contributed by atoms with Crippen LogP contribution in [0.1, 0.15) is 13.3 Å². The molecule has 0 aliphatic rings. The molecule has 0 heterocycles. The molecule has 20 heavy (non-hydrogen) atoms. The third kappa shape index (κ3) is 6.62. The van der Waals surface area contributed by atoms with E-state index in [0.717, 1.165) is 12.1 Å². The van der Waals surface area contributed by atoms with E-state index in [9.17, 15) is 22.8 Å². The highest BCUT2D eigenvalue weighted by molar-refractivity contribution is 5.91. The monoisotopic (exact) mass is 290 g/mol. The summed E-state index contributed by atoms with van der Waals surface area (Å²) in [5.74, 6) is -0.969. The van der Waals surface area contributed by atoms with Gasteiger partial charge in [-0.15, -0.1) is 13.2 Å². The summed E-state index contributed by atoms with van der Waals surface area (Å²) in [5, 5.41) is 4.93. The van der Waals surface area contributed by atoms with Crippen LogP contribution in [0.4, 0.5) is 18.9 Å². The zero-order valence-electron chi connectivity index (χ0n) is 10.6. The summed E-state index contributed by atoms with van der Waals surface area (Å²) in [6, 6.07) is 4.77. The maximum absolute atomic E-state index is 11.9. The first-order chi connectivity index (χ1) is 9.26. The SMILES string of the molecule is CC(=O)NCCC(=O)Nc1ccc(OC(F)(F)F)cc1. The van der Waals surface area contributed by atoms with E-state index in [0.29, 0.717) is 5.69 Å². The van der Waals surface area contributed by atoms with Crippen LogP contribution in [0.3, 0.4) is 0 Å². The van der Waals surface area contributed by atoms with Crippen molar-refractivity contribution < 1.29 is 27.5 Å². The molecule has 0 aliphatic heterocycles. The molecule has 0 bridgehead atoms. The van der Waals surface area contributed by atoms with Gasteiger partial charge >= 0.3 is 6.36 Å². The molecule has 1 aromatic rings. The summed E-state index contributed by atoms with van der Waals surface area (Å²) >= 11 is 0. The number of halogens is 3. The number of hydrogen-bond acceptors (Lipinski definition) is 3. The van der Waals surface area contributed by atoms with Crippen LogP contribution in [0.2, 0.25) is 0 Å². The Morgan fingerprint density at radius 3 is 2.30 bits per heavy atom. The maximum atomic E-state index is 11.9. The fourth-order valence-corrected chi connectivity index (χ4v) is 1.32. The van der Waals surface area contributed by atoms with E-state index in [1.165, 1.54) is 19.1 Å². The molecule has 0 radical (unpaired) electrons. The van der Waals surface area contributed by atoms with E-state index in [-0.39, 0.29) is 30.5 Å². The van der Waals surface area contributed by atoms with Gasteiger partial charge in [-0.3, -0.25) is 9.59 Å². The predicted molar refractivity (Wildman–Crippen MR) is 65.1 cm³/mol. The van der Waals surface area contributed by atoms with Gasteiger partial charge in [0.1, 0.15) is 5.75 Å². The van der Waals surface area contributed by atoms with E-state index in [4.69, 9.17) is 0 Å². The van der Waals surface area contributed by atoms with Gasteiger partial charge < -0.3 is 15.4 Å². The highest BCUT2D eigenvalue weighted by Crippen LogP contribution is 2.23. The predicted octanol–water partition coefficient (Wildman–Crippen LogP) is 2.05. The number of rotatable bonds is 5. The average molecular weight is 290 g/mol. The largest absolute Gasteiger partial charge is 0.573 e. The Bertz CT molecular complexity index is 472. The van der Waals surface area contributed by atoms with Crippen LogP contribution < -0.4 is 15.4 Å². The van der Waals surface area contributed by atoms with Gasteiger partial charge in [-0.25, -0.2) is 0 Å². The molecule has 0 atom stereocenters. The summed E-state index contributed by atoms with van der Waals surface area (Å²) in [4.78, 5) is 22.0. The van der Waals surface area contributed by atoms with Crippen LogP contribution >= 0.6 is 0 Å². The van der Waals surface area contributed by atoms with Gasteiger partial charge in [-0.2, -0.15) is 0 Å². The Morgan fingerprint density at radius 2 is 1.80 bits per heavy atom. The van der Waals surface area contributed by atoms with Crippen LogP contribution in [-0.4, -0.2) is 24.7 Å². The van der Waals surface area contributed by atoms with E-state index in [1.807, 2.05) is 0 Å². The van der Waals surface area contributed by atoms with E-state index >= 15 is 0 Å². The molecule has 2 amide bonds. The van der Waals surface area contributed by atoms with Crippen molar-refractivity contribution in [2.75, 3.05) is 11.9 Å². The molecule has 1 aromatic carbocycles. The summed E-state index contributed by atoms with van der Waals surface area (Å²) in [6.45, 7) is 1.52. The van der Waals surface area contributed by atoms with Crippen LogP contribution in [0.5, 0.6) is 5.75 Å². The maximum Gasteiger partial charge on any atom is 0.573 e. The number of amides is 2. The van der Waals surface area contributed by atoms with Crippen LogP contribution in [0.15, 0.2) is 24.3 Å². The number of hydrogen-bond donors (Lipinski definition) is 2. The molecule has 110 valence electrons. The zero-order valence-corrected chi connectivity index (χ0v) is 10.6. The minimum Gasteiger partial charge on any atom is -0.406 e. The van der Waals surface area contributed by atoms with Gasteiger partial charge in [-0.05, 0) is 24.3 Å². The molecule has 8 heteroatoms. The van der Waals surface area contributed by atoms with Crippen molar-refractivity contribution in [3.63, 3.8) is 0 Å². The van der Waals surface area contributed by atoms with Crippen LogP contribution in [-0.2, 0) is 9.59 Å². The molecule has 0 aromatic heterocycles. The molecule has 0 unspecified atom stereocenters. The number of anilines is 1. The number of carbonyl (C=O) groups is 2. The van der Waals surface area contributed by atoms with Crippen LogP contribution in [0, 0.1) is 0 Å². The lowest BCUT2D eigenvalue weighted by Gasteiger charge is -2.10. The first kappa shape index (κ1) is 15.8. The fraction of sp³-hybridized carbons (Fsp3) is 0.333. The normalized spacial score (nSPS) is 10.8. The van der Waals surface area contributed by atoms with E-state index in [1.54, 1.807) is 0 Å². The first-order valence-corrected chi connectivity index (χ1v) is 5.66. The van der Waals surface area contributed by atoms with Gasteiger partial charge in [0.15, 0.2) is 0 Å². The fourth-order valence-electron chi connectivity index (χ4n) is 1.32. The number of ether oxygens (including phenoxy) is 1. The van der Waals surface area contributed by atoms with Crippen molar-refractivity contribution >= 4 is 17.5 Å². The Morgan fingerprint density at radius 1 is 1.20 bits per heavy atom. The standard InChI is InChI=1S/C12H13F3N2O3/c1-8(18)16-7-6-11(19)17-9-2-4-10(5-3-9)20-12(13,14)15/h2-5H,6-7H2,1H3,(H,16,18)(H,17,19). The molecular formula is C12H13F3N2O3. The molecule has 0 spiro atoms. The smallest absolute Gasteiger partial charge is 0.406 e. The van der Waals surface area contributed by atoms with E-state index < -0.39 is 6.36 Å². The van der Waals surface area contributed by atoms with Crippen molar-refractivity contribution in [2.24, 2.45) is 0 Å². The number of benzene rings is 1. The van der Waals surface area contributed by atoms with Crippen molar-refractivity contribution in [1.82, 2.24) is 5.32 Å². The molecular weight excluding hydrogens is 277 g/mol. The minimum absolute atomic E-state index is 0.0698. The van der Waals surface area contributed by atoms with Gasteiger partial charge in [0.2, 0.25) is 11.8 Å². The molecule has 1 rings (SSSR count). The van der Waals surface area contributed by atoms with Gasteiger partial charge in [0.05, 0.1) is 0 Å². The lowest BCUT2D eigenvalue weighted by Crippen LogP contribution is -2.25. The highest BCUT2D eigenvalue weighted by Gasteiger charge is 2.30. The van der Waals surface area contributed by atoms with Gasteiger partial charge in [-0.1, -0.05) is 0 Å². The van der Waals surface area contributed by atoms with Crippen LogP contribution in [0.25, 0.3) is 0 Å². The Balaban J connectivity index is 2.45. The quantitative estimate of drug-likeness (QED) is 0.872. The number of nitrogens with one attached hydrogen (secondary N) is 2. The summed E-state index contributed by atoms with van der Waals surface area (Å²) in [6.07, 6.45) is -4.68. The van der Waals surface area contributed by atoms with Crippen molar-refractivity contribution in [3.8, 4) is 5.75 Å². The van der Waals surface area contributed by atoms with Gasteiger partial charge in [0.25, 0.3) is 0 Å². The third-order valence-electron chi connectivity index (χ3n) is 2.10. The molecule has 0 saturated heterocycles. The topological polar surface area (TPSA) is 67.4 Å². The van der Waals surface area contributed by atoms with Crippen molar-refractivity contribution in [3.05, 3.63) is 24.3 Å². The second-order valence-electron chi connectivity index (χ2n) is 3.85. The number of carbonyl (C=O) groups excluding carboxylic acids is 2. The lowest BCUT2D eigenvalue weighted by atomic mass is 10.3. The average Bonchev–Trinajstić information content (AvgIpc) is 2.29. The molecule has 2 N–H and O–H groups in total. The van der Waals surface area contributed by atoms with Crippen molar-refractivity contribution in [2.45, 2.75) is 19.7 Å². The minimum atomic E-state index is -4.75. The van der Waals surface area contributed by atoms with Crippen molar-refractivity contribution in [1.29, 1.82) is 0 Å². The summed E-state index contributed by atoms with van der Waals surface area (Å²) < 4.78 is 39.5. The summed E-state index contributed by atoms with van der Waals surface area (Å²) in [5.41, 5.74) is 0.340. The third-order valence-corrected chi connectivity index (χ3v) is 2.10. The Labute approximate surface area is 113 Å². The first-order valence-electron chi connectivity index (χ1n) is 5.66. The highest BCUT2D eigenvalue weighted by atomic mass is 19.4.